The van der Waals surface area contributed by atoms with Crippen molar-refractivity contribution in [2.75, 3.05) is 0 Å². The third-order valence-corrected chi connectivity index (χ3v) is 11.4. The molecule has 4 saturated carbocycles. The third kappa shape index (κ3) is 2.62. The molecule has 9 atom stereocenters. The molecule has 5 aliphatic rings. The second-order valence-corrected chi connectivity index (χ2v) is 12.5. The fraction of sp³-hybridized carbons (Fsp3) is 0.889. The van der Waals surface area contributed by atoms with Crippen LogP contribution < -0.4 is 0 Å². The van der Waals surface area contributed by atoms with Gasteiger partial charge in [-0.1, -0.05) is 52.2 Å². The molecule has 4 fully saturated rings. The molecule has 162 valence electrons. The number of fused-ring (bicyclic) bond motifs is 7. The standard InChI is InChI=1S/C27H42O2/c1-17-9-14-27(24(28)29)15-11-21-19(22(27)16-17)7-8-23-25(3)12-5-6-18(2)20(25)10-13-26(21,23)4/h7,17-18,20-23H,5-6,8-16H2,1-4H3,(H,28,29). The summed E-state index contributed by atoms with van der Waals surface area (Å²) < 4.78 is 0. The smallest absolute Gasteiger partial charge is 0.310 e. The van der Waals surface area contributed by atoms with Gasteiger partial charge in [0, 0.05) is 0 Å². The quantitative estimate of drug-likeness (QED) is 0.479. The first-order chi connectivity index (χ1) is 13.7. The topological polar surface area (TPSA) is 37.3 Å². The minimum atomic E-state index is -0.502. The zero-order valence-electron chi connectivity index (χ0n) is 19.2. The van der Waals surface area contributed by atoms with E-state index in [1.807, 2.05) is 0 Å². The average Bonchev–Trinajstić information content (AvgIpc) is 2.67. The minimum Gasteiger partial charge on any atom is -0.481 e. The molecule has 9 unspecified atom stereocenters. The molecule has 0 spiro atoms. The van der Waals surface area contributed by atoms with Crippen molar-refractivity contribution in [2.24, 2.45) is 51.8 Å². The molecule has 0 bridgehead atoms. The van der Waals surface area contributed by atoms with Crippen molar-refractivity contribution < 1.29 is 9.90 Å². The normalized spacial score (nSPS) is 54.3. The van der Waals surface area contributed by atoms with Gasteiger partial charge in [-0.3, -0.25) is 4.79 Å². The van der Waals surface area contributed by atoms with E-state index in [2.05, 4.69) is 33.8 Å². The summed E-state index contributed by atoms with van der Waals surface area (Å²) >= 11 is 0. The number of carbonyl (C=O) groups is 1. The lowest BCUT2D eigenvalue weighted by Crippen LogP contribution is -2.58. The van der Waals surface area contributed by atoms with Gasteiger partial charge in [0.25, 0.3) is 0 Å². The Morgan fingerprint density at radius 1 is 0.966 bits per heavy atom. The predicted octanol–water partition coefficient (Wildman–Crippen LogP) is 7.09. The number of rotatable bonds is 1. The van der Waals surface area contributed by atoms with Crippen molar-refractivity contribution in [3.8, 4) is 0 Å². The van der Waals surface area contributed by atoms with Gasteiger partial charge in [-0.25, -0.2) is 0 Å². The lowest BCUT2D eigenvalue weighted by molar-refractivity contribution is -0.164. The number of aliphatic carboxylic acids is 1. The van der Waals surface area contributed by atoms with E-state index in [0.717, 1.165) is 49.9 Å². The highest BCUT2D eigenvalue weighted by molar-refractivity contribution is 5.76. The summed E-state index contributed by atoms with van der Waals surface area (Å²) in [5.74, 6) is 3.69. The Morgan fingerprint density at radius 3 is 2.48 bits per heavy atom. The largest absolute Gasteiger partial charge is 0.481 e. The van der Waals surface area contributed by atoms with Crippen molar-refractivity contribution in [3.63, 3.8) is 0 Å². The minimum absolute atomic E-state index is 0.302. The molecular weight excluding hydrogens is 356 g/mol. The molecule has 2 nitrogen and oxygen atoms in total. The monoisotopic (exact) mass is 398 g/mol. The van der Waals surface area contributed by atoms with Crippen LogP contribution in [0.15, 0.2) is 11.6 Å². The maximum atomic E-state index is 12.5. The van der Waals surface area contributed by atoms with Crippen LogP contribution in [0.5, 0.6) is 0 Å². The summed E-state index contributed by atoms with van der Waals surface area (Å²) in [6.45, 7) is 10.1. The van der Waals surface area contributed by atoms with Gasteiger partial charge in [0.05, 0.1) is 5.41 Å². The van der Waals surface area contributed by atoms with E-state index in [0.29, 0.717) is 28.6 Å². The molecule has 0 amide bonds. The van der Waals surface area contributed by atoms with Crippen molar-refractivity contribution in [3.05, 3.63) is 11.6 Å². The zero-order valence-corrected chi connectivity index (χ0v) is 19.2. The van der Waals surface area contributed by atoms with Crippen LogP contribution in [0.2, 0.25) is 0 Å². The lowest BCUT2D eigenvalue weighted by Gasteiger charge is -2.65. The van der Waals surface area contributed by atoms with Crippen molar-refractivity contribution in [2.45, 2.75) is 98.3 Å². The summed E-state index contributed by atoms with van der Waals surface area (Å²) in [7, 11) is 0. The first-order valence-electron chi connectivity index (χ1n) is 12.7. The van der Waals surface area contributed by atoms with Crippen LogP contribution in [0.4, 0.5) is 0 Å². The Balaban J connectivity index is 1.54. The van der Waals surface area contributed by atoms with E-state index < -0.39 is 11.4 Å². The summed E-state index contributed by atoms with van der Waals surface area (Å²) in [6, 6.07) is 0. The number of hydrogen-bond acceptors (Lipinski definition) is 1. The molecule has 5 aliphatic carbocycles. The molecule has 0 aromatic carbocycles. The molecule has 2 heteroatoms. The number of carboxylic acid groups (broad SMARTS) is 1. The Kier molecular flexibility index (Phi) is 4.58. The van der Waals surface area contributed by atoms with E-state index in [4.69, 9.17) is 0 Å². The second-order valence-electron chi connectivity index (χ2n) is 12.5. The zero-order chi connectivity index (χ0) is 20.6. The van der Waals surface area contributed by atoms with E-state index in [9.17, 15) is 9.90 Å². The summed E-state index contributed by atoms with van der Waals surface area (Å²) in [5.41, 5.74) is 2.01. The van der Waals surface area contributed by atoms with Crippen molar-refractivity contribution in [1.29, 1.82) is 0 Å². The summed E-state index contributed by atoms with van der Waals surface area (Å²) in [6.07, 6.45) is 16.0. The maximum absolute atomic E-state index is 12.5. The van der Waals surface area contributed by atoms with Crippen LogP contribution >= 0.6 is 0 Å². The van der Waals surface area contributed by atoms with Crippen LogP contribution in [0.1, 0.15) is 98.3 Å². The second kappa shape index (κ2) is 6.60. The molecule has 1 N–H and O–H groups in total. The van der Waals surface area contributed by atoms with Crippen LogP contribution in [-0.2, 0) is 4.79 Å². The molecule has 0 aromatic heterocycles. The molecule has 0 heterocycles. The molecular formula is C27H42O2. The first-order valence-corrected chi connectivity index (χ1v) is 12.7. The highest BCUT2D eigenvalue weighted by Gasteiger charge is 2.63. The van der Waals surface area contributed by atoms with Gasteiger partial charge in [-0.2, -0.15) is 0 Å². The van der Waals surface area contributed by atoms with Crippen LogP contribution in [-0.4, -0.2) is 11.1 Å². The van der Waals surface area contributed by atoms with Crippen molar-refractivity contribution >= 4 is 5.97 Å². The maximum Gasteiger partial charge on any atom is 0.310 e. The number of hydrogen-bond donors (Lipinski definition) is 1. The Labute approximate surface area is 177 Å². The third-order valence-electron chi connectivity index (χ3n) is 11.4. The van der Waals surface area contributed by atoms with Gasteiger partial charge in [-0.15, -0.1) is 0 Å². The van der Waals surface area contributed by atoms with Crippen molar-refractivity contribution in [1.82, 2.24) is 0 Å². The molecule has 0 aromatic rings. The Morgan fingerprint density at radius 2 is 1.72 bits per heavy atom. The average molecular weight is 399 g/mol. The van der Waals surface area contributed by atoms with Crippen LogP contribution in [0.3, 0.4) is 0 Å². The van der Waals surface area contributed by atoms with Crippen LogP contribution in [0, 0.1) is 51.8 Å². The molecule has 0 aliphatic heterocycles. The van der Waals surface area contributed by atoms with Gasteiger partial charge in [-0.05, 0) is 104 Å². The number of allylic oxidation sites excluding steroid dienone is 2. The van der Waals surface area contributed by atoms with Gasteiger partial charge < -0.3 is 5.11 Å². The van der Waals surface area contributed by atoms with Crippen LogP contribution in [0.25, 0.3) is 0 Å². The van der Waals surface area contributed by atoms with Gasteiger partial charge in [0.1, 0.15) is 0 Å². The van der Waals surface area contributed by atoms with Gasteiger partial charge in [0.2, 0.25) is 0 Å². The fourth-order valence-electron chi connectivity index (χ4n) is 9.84. The molecule has 29 heavy (non-hydrogen) atoms. The van der Waals surface area contributed by atoms with Gasteiger partial charge >= 0.3 is 5.97 Å². The molecule has 0 saturated heterocycles. The SMILES string of the molecule is CC1CCC2(C(=O)O)CCC3C(=CCC4C3(C)CCC3C(C)CCCC34C)C2C1. The first kappa shape index (κ1) is 20.1. The summed E-state index contributed by atoms with van der Waals surface area (Å²) in [5, 5.41) is 10.3. The Bertz CT molecular complexity index is 724. The highest BCUT2D eigenvalue weighted by Crippen LogP contribution is 2.70. The molecule has 5 rings (SSSR count). The van der Waals surface area contributed by atoms with E-state index in [-0.39, 0.29) is 0 Å². The van der Waals surface area contributed by atoms with Gasteiger partial charge in [0.15, 0.2) is 0 Å². The summed E-state index contributed by atoms with van der Waals surface area (Å²) in [4.78, 5) is 12.5. The van der Waals surface area contributed by atoms with E-state index in [1.54, 1.807) is 5.57 Å². The highest BCUT2D eigenvalue weighted by atomic mass is 16.4. The molecule has 0 radical (unpaired) electrons. The fourth-order valence-corrected chi connectivity index (χ4v) is 9.84. The van der Waals surface area contributed by atoms with E-state index in [1.165, 1.54) is 38.5 Å². The predicted molar refractivity (Wildman–Crippen MR) is 117 cm³/mol. The number of carboxylic acids is 1. The Hall–Kier alpha value is -0.790. The van der Waals surface area contributed by atoms with E-state index >= 15 is 0 Å². The lowest BCUT2D eigenvalue weighted by atomic mass is 9.39.